The maximum absolute atomic E-state index is 11.9. The zero-order valence-electron chi connectivity index (χ0n) is 10.9. The van der Waals surface area contributed by atoms with E-state index in [1.54, 1.807) is 24.5 Å². The van der Waals surface area contributed by atoms with Gasteiger partial charge in [-0.1, -0.05) is 6.07 Å². The highest BCUT2D eigenvalue weighted by molar-refractivity contribution is 6.02. The lowest BCUT2D eigenvalue weighted by Crippen LogP contribution is -2.22. The van der Waals surface area contributed by atoms with Gasteiger partial charge in [0.05, 0.1) is 17.0 Å². The summed E-state index contributed by atoms with van der Waals surface area (Å²) in [5.41, 5.74) is 5.99. The molecule has 20 heavy (non-hydrogen) atoms. The molecule has 2 aromatic heterocycles. The molecule has 1 aliphatic carbocycles. The third kappa shape index (κ3) is 2.56. The van der Waals surface area contributed by atoms with Crippen LogP contribution in [0.15, 0.2) is 48.0 Å². The van der Waals surface area contributed by atoms with Gasteiger partial charge in [0, 0.05) is 18.6 Å². The minimum atomic E-state index is -0.256. The van der Waals surface area contributed by atoms with Crippen LogP contribution in [0, 0.1) is 0 Å². The molecular formula is C15H14N4O. The van der Waals surface area contributed by atoms with Crippen molar-refractivity contribution in [3.8, 4) is 0 Å². The van der Waals surface area contributed by atoms with Crippen molar-refractivity contribution in [3.63, 3.8) is 0 Å². The van der Waals surface area contributed by atoms with Crippen molar-refractivity contribution >= 4 is 11.6 Å². The molecule has 5 nitrogen and oxygen atoms in total. The highest BCUT2D eigenvalue weighted by atomic mass is 16.2. The smallest absolute Gasteiger partial charge is 0.267 e. The number of nitrogens with one attached hydrogen (secondary N) is 1. The average Bonchev–Trinajstić information content (AvgIpc) is 2.53. The van der Waals surface area contributed by atoms with E-state index in [1.165, 1.54) is 11.8 Å². The first-order valence-electron chi connectivity index (χ1n) is 6.56. The van der Waals surface area contributed by atoms with Crippen LogP contribution in [0.4, 0.5) is 0 Å². The predicted octanol–water partition coefficient (Wildman–Crippen LogP) is 1.95. The summed E-state index contributed by atoms with van der Waals surface area (Å²) in [6, 6.07) is 7.41. The maximum atomic E-state index is 11.9. The Labute approximate surface area is 116 Å². The molecule has 100 valence electrons. The van der Waals surface area contributed by atoms with Crippen LogP contribution in [0.1, 0.15) is 34.5 Å². The Kier molecular flexibility index (Phi) is 3.50. The number of carbonyl (C=O) groups excluding carboxylic acids is 1. The first kappa shape index (κ1) is 12.5. The third-order valence-corrected chi connectivity index (χ3v) is 3.24. The van der Waals surface area contributed by atoms with Gasteiger partial charge in [-0.25, -0.2) is 5.43 Å². The fourth-order valence-corrected chi connectivity index (χ4v) is 2.25. The summed E-state index contributed by atoms with van der Waals surface area (Å²) in [6.07, 6.45) is 7.77. The zero-order chi connectivity index (χ0) is 13.8. The lowest BCUT2D eigenvalue weighted by Gasteiger charge is -2.16. The molecular weight excluding hydrogens is 252 g/mol. The second-order valence-electron chi connectivity index (χ2n) is 4.61. The number of pyridine rings is 2. The van der Waals surface area contributed by atoms with E-state index < -0.39 is 0 Å². The van der Waals surface area contributed by atoms with E-state index in [1.807, 2.05) is 6.07 Å². The number of hydrazone groups is 1. The van der Waals surface area contributed by atoms with Crippen molar-refractivity contribution in [2.24, 2.45) is 5.10 Å². The molecule has 0 bridgehead atoms. The van der Waals surface area contributed by atoms with E-state index >= 15 is 0 Å². The van der Waals surface area contributed by atoms with Crippen molar-refractivity contribution in [1.82, 2.24) is 15.4 Å². The van der Waals surface area contributed by atoms with Crippen LogP contribution in [-0.4, -0.2) is 21.6 Å². The maximum Gasteiger partial charge on any atom is 0.272 e. The predicted molar refractivity (Wildman–Crippen MR) is 75.4 cm³/mol. The molecule has 1 aliphatic rings. The lowest BCUT2D eigenvalue weighted by atomic mass is 9.95. The number of fused-ring (bicyclic) bond motifs is 1. The SMILES string of the molecule is O=C(N/N=C1\CCCc2cccnc21)c1cccnc1. The normalized spacial score (nSPS) is 15.7. The molecule has 3 rings (SSSR count). The topological polar surface area (TPSA) is 67.2 Å². The molecule has 0 atom stereocenters. The van der Waals surface area contributed by atoms with Gasteiger partial charge in [0.15, 0.2) is 0 Å². The second kappa shape index (κ2) is 5.61. The Morgan fingerprint density at radius 3 is 2.95 bits per heavy atom. The molecule has 5 heteroatoms. The van der Waals surface area contributed by atoms with Crippen molar-refractivity contribution in [1.29, 1.82) is 0 Å². The van der Waals surface area contributed by atoms with Gasteiger partial charge in [-0.05, 0) is 43.0 Å². The van der Waals surface area contributed by atoms with E-state index in [-0.39, 0.29) is 5.91 Å². The van der Waals surface area contributed by atoms with Crippen molar-refractivity contribution < 1.29 is 4.79 Å². The summed E-state index contributed by atoms with van der Waals surface area (Å²) in [6.45, 7) is 0. The number of nitrogens with zero attached hydrogens (tertiary/aromatic N) is 3. The van der Waals surface area contributed by atoms with Crippen LogP contribution < -0.4 is 5.43 Å². The Bertz CT molecular complexity index is 652. The molecule has 1 amide bonds. The van der Waals surface area contributed by atoms with Crippen molar-refractivity contribution in [3.05, 3.63) is 59.7 Å². The fourth-order valence-electron chi connectivity index (χ4n) is 2.25. The molecule has 0 aliphatic heterocycles. The average molecular weight is 266 g/mol. The van der Waals surface area contributed by atoms with Crippen molar-refractivity contribution in [2.75, 3.05) is 0 Å². The van der Waals surface area contributed by atoms with Gasteiger partial charge >= 0.3 is 0 Å². The summed E-state index contributed by atoms with van der Waals surface area (Å²) in [4.78, 5) is 20.2. The van der Waals surface area contributed by atoms with Gasteiger partial charge in [-0.2, -0.15) is 5.10 Å². The number of rotatable bonds is 2. The highest BCUT2D eigenvalue weighted by Crippen LogP contribution is 2.19. The van der Waals surface area contributed by atoms with E-state index in [0.717, 1.165) is 30.7 Å². The number of carbonyl (C=O) groups is 1. The second-order valence-corrected chi connectivity index (χ2v) is 4.61. The molecule has 0 unspecified atom stereocenters. The van der Waals surface area contributed by atoms with Gasteiger partial charge in [0.25, 0.3) is 5.91 Å². The Hall–Kier alpha value is -2.56. The van der Waals surface area contributed by atoms with E-state index in [2.05, 4.69) is 26.6 Å². The number of hydrogen-bond donors (Lipinski definition) is 1. The zero-order valence-corrected chi connectivity index (χ0v) is 10.9. The van der Waals surface area contributed by atoms with Crippen LogP contribution in [0.5, 0.6) is 0 Å². The number of aromatic nitrogens is 2. The monoisotopic (exact) mass is 266 g/mol. The van der Waals surface area contributed by atoms with E-state index in [9.17, 15) is 4.79 Å². The molecule has 0 radical (unpaired) electrons. The summed E-state index contributed by atoms with van der Waals surface area (Å²) in [7, 11) is 0. The van der Waals surface area contributed by atoms with Gasteiger partial charge in [0.2, 0.25) is 0 Å². The van der Waals surface area contributed by atoms with Crippen LogP contribution in [0.2, 0.25) is 0 Å². The van der Waals surface area contributed by atoms with Gasteiger partial charge in [0.1, 0.15) is 0 Å². The van der Waals surface area contributed by atoms with E-state index in [0.29, 0.717) is 5.56 Å². The molecule has 0 spiro atoms. The van der Waals surface area contributed by atoms with Crippen molar-refractivity contribution in [2.45, 2.75) is 19.3 Å². The van der Waals surface area contributed by atoms with Gasteiger partial charge < -0.3 is 0 Å². The summed E-state index contributed by atoms with van der Waals surface area (Å²) < 4.78 is 0. The van der Waals surface area contributed by atoms with E-state index in [4.69, 9.17) is 0 Å². The molecule has 2 aromatic rings. The van der Waals surface area contributed by atoms with Crippen LogP contribution in [0.3, 0.4) is 0 Å². The minimum Gasteiger partial charge on any atom is -0.267 e. The molecule has 0 fully saturated rings. The minimum absolute atomic E-state index is 0.256. The van der Waals surface area contributed by atoms with Gasteiger partial charge in [-0.3, -0.25) is 14.8 Å². The number of aryl methyl sites for hydroxylation is 1. The van der Waals surface area contributed by atoms with Gasteiger partial charge in [-0.15, -0.1) is 0 Å². The Morgan fingerprint density at radius 2 is 2.10 bits per heavy atom. The summed E-state index contributed by atoms with van der Waals surface area (Å²) >= 11 is 0. The van der Waals surface area contributed by atoms with Crippen LogP contribution in [-0.2, 0) is 6.42 Å². The molecule has 2 heterocycles. The highest BCUT2D eigenvalue weighted by Gasteiger charge is 2.16. The van der Waals surface area contributed by atoms with Crippen LogP contribution in [0.25, 0.3) is 0 Å². The Morgan fingerprint density at radius 1 is 1.20 bits per heavy atom. The quantitative estimate of drug-likeness (QED) is 0.845. The standard InChI is InChI=1S/C15H14N4O/c20-15(12-6-2-8-16-10-12)19-18-13-7-1-4-11-5-3-9-17-14(11)13/h2-3,5-6,8-10H,1,4,7H2,(H,19,20)/b18-13+. The first-order valence-corrected chi connectivity index (χ1v) is 6.56. The molecule has 1 N–H and O–H groups in total. The van der Waals surface area contributed by atoms with Crippen LogP contribution >= 0.6 is 0 Å². The molecule has 0 aromatic carbocycles. The first-order chi connectivity index (χ1) is 9.84. The molecule has 0 saturated carbocycles. The fraction of sp³-hybridized carbons (Fsp3) is 0.200. The third-order valence-electron chi connectivity index (χ3n) is 3.24. The Balaban J connectivity index is 1.79. The summed E-state index contributed by atoms with van der Waals surface area (Å²) in [5, 5.41) is 4.23. The molecule has 0 saturated heterocycles. The lowest BCUT2D eigenvalue weighted by molar-refractivity contribution is 0.0954. The largest absolute Gasteiger partial charge is 0.272 e. The number of hydrogen-bond acceptors (Lipinski definition) is 4. The number of amides is 1. The summed E-state index contributed by atoms with van der Waals surface area (Å²) in [5.74, 6) is -0.256.